The lowest BCUT2D eigenvalue weighted by atomic mass is 9.77. The van der Waals surface area contributed by atoms with Crippen molar-refractivity contribution in [2.75, 3.05) is 0 Å². The van der Waals surface area contributed by atoms with Crippen molar-refractivity contribution < 1.29 is 0 Å². The molecule has 0 atom stereocenters. The van der Waals surface area contributed by atoms with E-state index in [0.717, 1.165) is 33.2 Å². The van der Waals surface area contributed by atoms with Crippen LogP contribution >= 0.6 is 11.3 Å². The van der Waals surface area contributed by atoms with Crippen molar-refractivity contribution in [1.29, 1.82) is 0 Å². The maximum Gasteiger partial charge on any atom is 0.0678 e. The summed E-state index contributed by atoms with van der Waals surface area (Å²) in [5, 5.41) is 7.37. The molecule has 0 radical (unpaired) electrons. The van der Waals surface area contributed by atoms with Crippen molar-refractivity contribution in [3.05, 3.63) is 222 Å². The van der Waals surface area contributed by atoms with Gasteiger partial charge in [-0.3, -0.25) is 4.99 Å². The number of hydrogen-bond donors (Lipinski definition) is 1. The second kappa shape index (κ2) is 14.3. The molecule has 0 fully saturated rings. The molecule has 0 saturated heterocycles. The molecule has 1 heterocycles. The van der Waals surface area contributed by atoms with Crippen LogP contribution in [0.5, 0.6) is 0 Å². The number of nitrogens with two attached hydrogens (primary N) is 1. The van der Waals surface area contributed by atoms with E-state index in [2.05, 4.69) is 202 Å². The van der Waals surface area contributed by atoms with Gasteiger partial charge in [0.05, 0.1) is 12.3 Å². The van der Waals surface area contributed by atoms with Crippen LogP contribution in [0.2, 0.25) is 0 Å². The van der Waals surface area contributed by atoms with E-state index in [1.54, 1.807) is 0 Å². The van der Waals surface area contributed by atoms with Crippen LogP contribution in [-0.2, 0) is 12.0 Å². The van der Waals surface area contributed by atoms with Crippen LogP contribution in [0.1, 0.15) is 41.7 Å². The summed E-state index contributed by atoms with van der Waals surface area (Å²) in [6.45, 7) is 5.33. The van der Waals surface area contributed by atoms with Gasteiger partial charge in [0.15, 0.2) is 0 Å². The van der Waals surface area contributed by atoms with Crippen molar-refractivity contribution in [3.8, 4) is 33.4 Å². The lowest BCUT2D eigenvalue weighted by Gasteiger charge is -2.26. The Bertz CT molecular complexity index is 3370. The molecule has 2 nitrogen and oxygen atoms in total. The fourth-order valence-electron chi connectivity index (χ4n) is 9.80. The Balaban J connectivity index is 0.979. The highest BCUT2D eigenvalue weighted by Crippen LogP contribution is 2.54. The average Bonchev–Trinajstić information content (AvgIpc) is 3.80. The fraction of sp³-hybridized carbons (Fsp3) is 0.0702. The third-order valence-corrected chi connectivity index (χ3v) is 13.7. The van der Waals surface area contributed by atoms with Gasteiger partial charge in [-0.15, -0.1) is 11.3 Å². The number of fused-ring (bicyclic) bond motifs is 9. The lowest BCUT2D eigenvalue weighted by Crippen LogP contribution is -2.16. The SMILES string of the molecule is CC1(C)c2c(-c3ccc(-c4ccc(/C(N)=C/C(=NCc5ccccc5)c5cccc6sc7ccccc7c56)c5ccccc45)cc3)cccc2-c2ccc3ccccc3c21. The van der Waals surface area contributed by atoms with Gasteiger partial charge in [-0.25, -0.2) is 0 Å². The van der Waals surface area contributed by atoms with Crippen LogP contribution in [0.15, 0.2) is 199 Å². The molecule has 286 valence electrons. The topological polar surface area (TPSA) is 38.4 Å². The Morgan fingerprint density at radius 2 is 1.12 bits per heavy atom. The molecule has 0 amide bonds. The van der Waals surface area contributed by atoms with Crippen molar-refractivity contribution in [2.24, 2.45) is 10.7 Å². The van der Waals surface area contributed by atoms with Crippen molar-refractivity contribution in [3.63, 3.8) is 0 Å². The summed E-state index contributed by atoms with van der Waals surface area (Å²) in [4.78, 5) is 5.27. The Morgan fingerprint density at radius 3 is 1.93 bits per heavy atom. The van der Waals surface area contributed by atoms with E-state index < -0.39 is 0 Å². The van der Waals surface area contributed by atoms with Gasteiger partial charge in [-0.05, 0) is 89.8 Å². The number of thiophene rings is 1. The largest absolute Gasteiger partial charge is 0.398 e. The van der Waals surface area contributed by atoms with Gasteiger partial charge < -0.3 is 5.73 Å². The van der Waals surface area contributed by atoms with Gasteiger partial charge >= 0.3 is 0 Å². The zero-order valence-corrected chi connectivity index (χ0v) is 34.4. The summed E-state index contributed by atoms with van der Waals surface area (Å²) >= 11 is 1.82. The number of rotatable bonds is 7. The standard InChI is InChI=1S/C57H42N2S/c1-57(2)55-42(21-12-22-46(55)47-31-30-37-16-6-7-17-41(37)56(47)57)39-28-26-38(27-29-39)40-32-33-45(44-19-9-8-18-43(40)44)50(58)34-51(59-35-36-14-4-3-5-15-36)48-23-13-25-53-54(48)49-20-10-11-24-52(49)60-53/h3-34H,35,58H2,1-2H3/b50-34-,59-51?. The summed E-state index contributed by atoms with van der Waals surface area (Å²) in [7, 11) is 0. The molecule has 0 unspecified atom stereocenters. The minimum absolute atomic E-state index is 0.142. The first-order chi connectivity index (χ1) is 29.4. The van der Waals surface area contributed by atoms with Crippen LogP contribution < -0.4 is 5.73 Å². The summed E-state index contributed by atoms with van der Waals surface area (Å²) in [6.07, 6.45) is 2.08. The predicted molar refractivity (Wildman–Crippen MR) is 258 cm³/mol. The van der Waals surface area contributed by atoms with Crippen LogP contribution in [0, 0.1) is 0 Å². The summed E-state index contributed by atoms with van der Waals surface area (Å²) in [5.41, 5.74) is 22.2. The normalized spacial score (nSPS) is 13.6. The molecule has 11 rings (SSSR count). The van der Waals surface area contributed by atoms with Crippen molar-refractivity contribution in [1.82, 2.24) is 0 Å². The molecule has 3 heteroatoms. The highest BCUT2D eigenvalue weighted by atomic mass is 32.1. The van der Waals surface area contributed by atoms with Crippen molar-refractivity contribution in [2.45, 2.75) is 25.8 Å². The van der Waals surface area contributed by atoms with Crippen molar-refractivity contribution >= 4 is 64.5 Å². The zero-order chi connectivity index (χ0) is 40.4. The monoisotopic (exact) mass is 786 g/mol. The molecular weight excluding hydrogens is 745 g/mol. The zero-order valence-electron chi connectivity index (χ0n) is 33.6. The van der Waals surface area contributed by atoms with E-state index in [0.29, 0.717) is 12.2 Å². The van der Waals surface area contributed by atoms with E-state index in [9.17, 15) is 0 Å². The lowest BCUT2D eigenvalue weighted by molar-refractivity contribution is 0.668. The fourth-order valence-corrected chi connectivity index (χ4v) is 10.9. The molecule has 0 saturated carbocycles. The minimum atomic E-state index is -0.142. The maximum atomic E-state index is 7.19. The van der Waals surface area contributed by atoms with Gasteiger partial charge in [0.25, 0.3) is 0 Å². The minimum Gasteiger partial charge on any atom is -0.398 e. The average molecular weight is 787 g/mol. The molecule has 1 aliphatic rings. The molecule has 0 spiro atoms. The molecule has 2 N–H and O–H groups in total. The van der Waals surface area contributed by atoms with Gasteiger partial charge in [0.1, 0.15) is 0 Å². The molecule has 1 aromatic heterocycles. The quantitative estimate of drug-likeness (QED) is 0.161. The summed E-state index contributed by atoms with van der Waals surface area (Å²) < 4.78 is 2.51. The number of hydrogen-bond acceptors (Lipinski definition) is 3. The molecular formula is C57H42N2S. The van der Waals surface area contributed by atoms with Crippen LogP contribution in [0.3, 0.4) is 0 Å². The van der Waals surface area contributed by atoms with Crippen LogP contribution in [0.4, 0.5) is 0 Å². The third-order valence-electron chi connectivity index (χ3n) is 12.5. The second-order valence-corrected chi connectivity index (χ2v) is 17.5. The molecule has 9 aromatic carbocycles. The predicted octanol–water partition coefficient (Wildman–Crippen LogP) is 15.0. The van der Waals surface area contributed by atoms with Gasteiger partial charge in [-0.2, -0.15) is 0 Å². The Labute approximate surface area is 354 Å². The Morgan fingerprint density at radius 1 is 0.500 bits per heavy atom. The summed E-state index contributed by atoms with van der Waals surface area (Å²) in [6, 6.07) is 68.0. The van der Waals surface area contributed by atoms with E-state index in [-0.39, 0.29) is 5.41 Å². The Hall–Kier alpha value is -7.07. The first-order valence-corrected chi connectivity index (χ1v) is 21.5. The second-order valence-electron chi connectivity index (χ2n) is 16.4. The molecule has 10 aromatic rings. The van der Waals surface area contributed by atoms with E-state index in [1.165, 1.54) is 75.5 Å². The van der Waals surface area contributed by atoms with Crippen LogP contribution in [-0.4, -0.2) is 5.71 Å². The Kier molecular flexibility index (Phi) is 8.61. The van der Waals surface area contributed by atoms with E-state index in [1.807, 2.05) is 17.4 Å². The summed E-state index contributed by atoms with van der Waals surface area (Å²) in [5.74, 6) is 0. The first-order valence-electron chi connectivity index (χ1n) is 20.7. The molecule has 0 aliphatic heterocycles. The molecule has 1 aliphatic carbocycles. The first kappa shape index (κ1) is 36.0. The molecule has 60 heavy (non-hydrogen) atoms. The maximum absolute atomic E-state index is 7.19. The van der Waals surface area contributed by atoms with Crippen LogP contribution in [0.25, 0.3) is 80.8 Å². The van der Waals surface area contributed by atoms with E-state index >= 15 is 0 Å². The molecule has 0 bridgehead atoms. The van der Waals surface area contributed by atoms with E-state index in [4.69, 9.17) is 10.7 Å². The smallest absolute Gasteiger partial charge is 0.0678 e. The van der Waals surface area contributed by atoms with Gasteiger partial charge in [0.2, 0.25) is 0 Å². The van der Waals surface area contributed by atoms with Gasteiger partial charge in [0, 0.05) is 42.4 Å². The number of benzene rings is 9. The third kappa shape index (κ3) is 5.88. The number of aliphatic imine (C=N–C) groups is 1. The highest BCUT2D eigenvalue weighted by molar-refractivity contribution is 7.25. The number of nitrogens with zero attached hydrogens (tertiary/aromatic N) is 1. The number of allylic oxidation sites excluding steroid dienone is 1. The van der Waals surface area contributed by atoms with Gasteiger partial charge in [-0.1, -0.05) is 190 Å². The highest BCUT2D eigenvalue weighted by Gasteiger charge is 2.38.